The molecule has 7 nitrogen and oxygen atoms in total. The lowest BCUT2D eigenvalue weighted by Gasteiger charge is -2.18. The molecule has 3 N–H and O–H groups in total. The van der Waals surface area contributed by atoms with Crippen LogP contribution in [0.2, 0.25) is 5.02 Å². The molecule has 0 spiro atoms. The van der Waals surface area contributed by atoms with E-state index in [1.54, 1.807) is 24.5 Å². The second-order valence-electron chi connectivity index (χ2n) is 7.73. The summed E-state index contributed by atoms with van der Waals surface area (Å²) < 4.78 is 14.7. The lowest BCUT2D eigenvalue weighted by Crippen LogP contribution is -2.34. The lowest BCUT2D eigenvalue weighted by molar-refractivity contribution is 0.247. The van der Waals surface area contributed by atoms with E-state index >= 15 is 0 Å². The fourth-order valence-electron chi connectivity index (χ4n) is 3.83. The van der Waals surface area contributed by atoms with E-state index in [9.17, 15) is 14.0 Å². The molecule has 0 saturated carbocycles. The minimum atomic E-state index is -0.615. The number of carbonyl (C=O) groups excluding carboxylic acids is 1. The fourth-order valence-corrected chi connectivity index (χ4v) is 4.10. The number of carbonyl (C=O) groups is 1. The number of anilines is 1. The Morgan fingerprint density at radius 3 is 2.90 bits per heavy atom. The molecule has 1 aliphatic rings. The molecule has 0 radical (unpaired) electrons. The van der Waals surface area contributed by atoms with Crippen LogP contribution in [-0.4, -0.2) is 21.2 Å². The highest BCUT2D eigenvalue weighted by atomic mass is 35.5. The molecular weight excluding hydrogens is 421 g/mol. The van der Waals surface area contributed by atoms with Gasteiger partial charge in [0.15, 0.2) is 0 Å². The molecule has 0 unspecified atom stereocenters. The number of fused-ring (bicyclic) bond motifs is 1. The first-order valence-corrected chi connectivity index (χ1v) is 10.3. The van der Waals surface area contributed by atoms with Crippen LogP contribution in [0, 0.1) is 11.7 Å². The van der Waals surface area contributed by atoms with Gasteiger partial charge < -0.3 is 10.6 Å². The first-order valence-electron chi connectivity index (χ1n) is 9.96. The molecule has 0 fully saturated rings. The maximum atomic E-state index is 14.7. The van der Waals surface area contributed by atoms with Gasteiger partial charge >= 0.3 is 6.03 Å². The average Bonchev–Trinajstić information content (AvgIpc) is 2.89. The van der Waals surface area contributed by atoms with Gasteiger partial charge in [0.2, 0.25) is 0 Å². The standard InChI is InChI=1S/C22H21ClFN5O2/c1-12-4-5-18(21-14(7-12)8-20(30)28-29-21)26-22(31)27-19-10-16(23)15(9-17(19)24)13-3-2-6-25-11-13/h2-3,6,8-12,18H,4-5,7H2,1H3,(H,28,30)(H2,26,27,31)/t12-,18+/m0/s1. The fraction of sp³-hybridized carbons (Fsp3) is 0.273. The van der Waals surface area contributed by atoms with E-state index in [2.05, 4.69) is 32.7 Å². The van der Waals surface area contributed by atoms with E-state index < -0.39 is 17.9 Å². The molecular formula is C22H21ClFN5O2. The second kappa shape index (κ2) is 8.85. The van der Waals surface area contributed by atoms with E-state index in [-0.39, 0.29) is 16.3 Å². The predicted molar refractivity (Wildman–Crippen MR) is 116 cm³/mol. The first-order chi connectivity index (χ1) is 14.9. The highest BCUT2D eigenvalue weighted by Crippen LogP contribution is 2.32. The van der Waals surface area contributed by atoms with Gasteiger partial charge in [-0.25, -0.2) is 14.3 Å². The van der Waals surface area contributed by atoms with Gasteiger partial charge in [-0.3, -0.25) is 9.78 Å². The van der Waals surface area contributed by atoms with Crippen molar-refractivity contribution in [2.45, 2.75) is 32.2 Å². The van der Waals surface area contributed by atoms with Crippen molar-refractivity contribution < 1.29 is 9.18 Å². The SMILES string of the molecule is C[C@H]1CC[C@@H](NC(=O)Nc2cc(Cl)c(-c3cccnc3)cc2F)c2n[nH]c(=O)cc2C1. The zero-order valence-electron chi connectivity index (χ0n) is 16.8. The number of aromatic nitrogens is 3. The smallest absolute Gasteiger partial charge is 0.319 e. The van der Waals surface area contributed by atoms with Gasteiger partial charge in [0.1, 0.15) is 5.82 Å². The van der Waals surface area contributed by atoms with Crippen molar-refractivity contribution in [2.24, 2.45) is 5.92 Å². The number of urea groups is 1. The number of rotatable bonds is 3. The summed E-state index contributed by atoms with van der Waals surface area (Å²) in [6, 6.07) is 6.69. The minimum absolute atomic E-state index is 0.0354. The first kappa shape index (κ1) is 21.0. The summed E-state index contributed by atoms with van der Waals surface area (Å²) in [5, 5.41) is 12.2. The number of benzene rings is 1. The summed E-state index contributed by atoms with van der Waals surface area (Å²) >= 11 is 6.32. The van der Waals surface area contributed by atoms with Crippen molar-refractivity contribution in [3.05, 3.63) is 75.2 Å². The van der Waals surface area contributed by atoms with Gasteiger partial charge in [-0.15, -0.1) is 0 Å². The molecule has 2 aromatic heterocycles. The Balaban J connectivity index is 1.53. The maximum Gasteiger partial charge on any atom is 0.319 e. The zero-order valence-corrected chi connectivity index (χ0v) is 17.5. The Morgan fingerprint density at radius 2 is 2.13 bits per heavy atom. The highest BCUT2D eigenvalue weighted by Gasteiger charge is 2.25. The van der Waals surface area contributed by atoms with Gasteiger partial charge in [-0.05, 0) is 48.9 Å². The Labute approximate surface area is 183 Å². The zero-order chi connectivity index (χ0) is 22.0. The van der Waals surface area contributed by atoms with Crippen molar-refractivity contribution in [3.63, 3.8) is 0 Å². The Hall–Kier alpha value is -3.26. The third-order valence-electron chi connectivity index (χ3n) is 5.35. The van der Waals surface area contributed by atoms with Crippen LogP contribution in [0.25, 0.3) is 11.1 Å². The third kappa shape index (κ3) is 4.74. The van der Waals surface area contributed by atoms with Gasteiger partial charge in [0.05, 0.1) is 22.4 Å². The van der Waals surface area contributed by atoms with Crippen molar-refractivity contribution in [2.75, 3.05) is 5.32 Å². The van der Waals surface area contributed by atoms with Crippen LogP contribution in [0.5, 0.6) is 0 Å². The minimum Gasteiger partial charge on any atom is -0.329 e. The van der Waals surface area contributed by atoms with Crippen molar-refractivity contribution in [1.82, 2.24) is 20.5 Å². The van der Waals surface area contributed by atoms with Gasteiger partial charge in [-0.1, -0.05) is 24.6 Å². The molecule has 0 bridgehead atoms. The average molecular weight is 442 g/mol. The quantitative estimate of drug-likeness (QED) is 0.522. The molecule has 3 aromatic rings. The number of hydrogen-bond donors (Lipinski definition) is 3. The number of halogens is 2. The van der Waals surface area contributed by atoms with Crippen molar-refractivity contribution in [3.8, 4) is 11.1 Å². The number of aromatic amines is 1. The van der Waals surface area contributed by atoms with Crippen LogP contribution in [-0.2, 0) is 6.42 Å². The van der Waals surface area contributed by atoms with Gasteiger partial charge in [0, 0.05) is 29.6 Å². The number of pyridine rings is 1. The number of hydrogen-bond acceptors (Lipinski definition) is 4. The second-order valence-corrected chi connectivity index (χ2v) is 8.14. The summed E-state index contributed by atoms with van der Waals surface area (Å²) in [6.07, 6.45) is 5.43. The highest BCUT2D eigenvalue weighted by molar-refractivity contribution is 6.33. The van der Waals surface area contributed by atoms with Crippen LogP contribution in [0.15, 0.2) is 47.5 Å². The lowest BCUT2D eigenvalue weighted by atomic mass is 10.0. The Morgan fingerprint density at radius 1 is 1.29 bits per heavy atom. The Kier molecular flexibility index (Phi) is 5.99. The summed E-state index contributed by atoms with van der Waals surface area (Å²) in [6.45, 7) is 2.09. The molecule has 2 heterocycles. The topological polar surface area (TPSA) is 99.8 Å². The maximum absolute atomic E-state index is 14.7. The van der Waals surface area contributed by atoms with Crippen LogP contribution < -0.4 is 16.2 Å². The summed E-state index contributed by atoms with van der Waals surface area (Å²) in [5.41, 5.74) is 2.29. The largest absolute Gasteiger partial charge is 0.329 e. The molecule has 0 saturated heterocycles. The van der Waals surface area contributed by atoms with Crippen LogP contribution in [0.4, 0.5) is 14.9 Å². The number of nitrogens with one attached hydrogen (secondary N) is 3. The normalized spacial score (nSPS) is 18.0. The van der Waals surface area contributed by atoms with Crippen LogP contribution in [0.1, 0.15) is 37.1 Å². The molecule has 0 aliphatic heterocycles. The molecule has 1 aromatic carbocycles. The molecule has 2 amide bonds. The van der Waals surface area contributed by atoms with Gasteiger partial charge in [0.25, 0.3) is 5.56 Å². The van der Waals surface area contributed by atoms with Gasteiger partial charge in [-0.2, -0.15) is 5.10 Å². The van der Waals surface area contributed by atoms with Crippen LogP contribution in [0.3, 0.4) is 0 Å². The van der Waals surface area contributed by atoms with Crippen molar-refractivity contribution in [1.29, 1.82) is 0 Å². The Bertz CT molecular complexity index is 1170. The summed E-state index contributed by atoms with van der Waals surface area (Å²) in [4.78, 5) is 28.3. The van der Waals surface area contributed by atoms with E-state index in [0.717, 1.165) is 12.0 Å². The molecule has 4 rings (SSSR count). The predicted octanol–water partition coefficient (Wildman–Crippen LogP) is 4.46. The summed E-state index contributed by atoms with van der Waals surface area (Å²) in [7, 11) is 0. The number of H-pyrrole nitrogens is 1. The number of nitrogens with zero attached hydrogens (tertiary/aromatic N) is 2. The van der Waals surface area contributed by atoms with E-state index in [4.69, 9.17) is 11.6 Å². The molecule has 2 atom stereocenters. The van der Waals surface area contributed by atoms with E-state index in [1.165, 1.54) is 18.2 Å². The van der Waals surface area contributed by atoms with Crippen molar-refractivity contribution >= 4 is 23.3 Å². The number of amides is 2. The third-order valence-corrected chi connectivity index (χ3v) is 5.66. The molecule has 31 heavy (non-hydrogen) atoms. The summed E-state index contributed by atoms with van der Waals surface area (Å²) in [5.74, 6) is -0.260. The molecule has 9 heteroatoms. The van der Waals surface area contributed by atoms with Crippen LogP contribution >= 0.6 is 11.6 Å². The molecule has 160 valence electrons. The monoisotopic (exact) mass is 441 g/mol. The molecule has 1 aliphatic carbocycles. The van der Waals surface area contributed by atoms with E-state index in [1.807, 2.05) is 0 Å². The van der Waals surface area contributed by atoms with E-state index in [0.29, 0.717) is 35.6 Å².